The SMILES string of the molecule is CCCC(=O)OC[C@H](CO)O[C@@H]1O[C@H](COC(=O)CCC)[C@@H](O)[C@H](O)[C@H]1O. The van der Waals surface area contributed by atoms with Crippen LogP contribution in [0.15, 0.2) is 0 Å². The van der Waals surface area contributed by atoms with Crippen molar-refractivity contribution in [2.45, 2.75) is 76.3 Å². The Morgan fingerprint density at radius 2 is 1.56 bits per heavy atom. The van der Waals surface area contributed by atoms with Gasteiger partial charge < -0.3 is 39.4 Å². The van der Waals surface area contributed by atoms with Crippen LogP contribution in [0.3, 0.4) is 0 Å². The van der Waals surface area contributed by atoms with Gasteiger partial charge in [-0.3, -0.25) is 9.59 Å². The predicted octanol–water partition coefficient (Wildman–Crippen LogP) is -1.14. The fourth-order valence-electron chi connectivity index (χ4n) is 2.40. The number of rotatable bonds is 11. The van der Waals surface area contributed by atoms with Crippen molar-refractivity contribution in [3.05, 3.63) is 0 Å². The van der Waals surface area contributed by atoms with Crippen LogP contribution in [0.25, 0.3) is 0 Å². The molecule has 27 heavy (non-hydrogen) atoms. The van der Waals surface area contributed by atoms with Crippen LogP contribution in [0.4, 0.5) is 0 Å². The maximum atomic E-state index is 11.5. The molecule has 0 aromatic carbocycles. The number of aliphatic hydroxyl groups is 4. The second kappa shape index (κ2) is 12.2. The third-order valence-corrected chi connectivity index (χ3v) is 3.95. The Balaban J connectivity index is 2.62. The van der Waals surface area contributed by atoms with E-state index in [-0.39, 0.29) is 26.1 Å². The fourth-order valence-corrected chi connectivity index (χ4v) is 2.40. The molecule has 158 valence electrons. The summed E-state index contributed by atoms with van der Waals surface area (Å²) in [5.41, 5.74) is 0. The highest BCUT2D eigenvalue weighted by Gasteiger charge is 2.45. The van der Waals surface area contributed by atoms with E-state index in [0.29, 0.717) is 12.8 Å². The molecule has 0 bridgehead atoms. The van der Waals surface area contributed by atoms with Crippen LogP contribution in [0, 0.1) is 0 Å². The zero-order valence-electron chi connectivity index (χ0n) is 15.7. The van der Waals surface area contributed by atoms with Crippen molar-refractivity contribution in [2.75, 3.05) is 19.8 Å². The molecular weight excluding hydrogens is 364 g/mol. The molecule has 1 aliphatic heterocycles. The number of carbonyl (C=O) groups excluding carboxylic acids is 2. The van der Waals surface area contributed by atoms with Gasteiger partial charge in [0.05, 0.1) is 6.61 Å². The molecule has 1 rings (SSSR count). The molecular formula is C17H30O10. The highest BCUT2D eigenvalue weighted by atomic mass is 16.7. The molecule has 0 saturated carbocycles. The van der Waals surface area contributed by atoms with Gasteiger partial charge in [-0.2, -0.15) is 0 Å². The number of esters is 2. The summed E-state index contributed by atoms with van der Waals surface area (Å²) in [6.07, 6.45) is -6.65. The van der Waals surface area contributed by atoms with E-state index in [1.54, 1.807) is 6.92 Å². The number of hydrogen-bond acceptors (Lipinski definition) is 10. The predicted molar refractivity (Wildman–Crippen MR) is 90.4 cm³/mol. The zero-order valence-corrected chi connectivity index (χ0v) is 15.7. The van der Waals surface area contributed by atoms with Gasteiger partial charge in [0.1, 0.15) is 43.7 Å². The van der Waals surface area contributed by atoms with Gasteiger partial charge >= 0.3 is 11.9 Å². The van der Waals surface area contributed by atoms with Crippen molar-refractivity contribution in [2.24, 2.45) is 0 Å². The Kier molecular flexibility index (Phi) is 10.7. The Labute approximate surface area is 158 Å². The Morgan fingerprint density at radius 3 is 2.11 bits per heavy atom. The zero-order chi connectivity index (χ0) is 20.4. The Bertz CT molecular complexity index is 455. The van der Waals surface area contributed by atoms with Gasteiger partial charge in [-0.1, -0.05) is 13.8 Å². The standard InChI is InChI=1S/C17H30O10/c1-3-5-12(19)24-8-10(7-18)26-17-16(23)15(22)14(21)11(27-17)9-25-13(20)6-4-2/h10-11,14-18,21-23H,3-9H2,1-2H3/t10-,11+,14+,15-,16+,17+/m0/s1. The first-order chi connectivity index (χ1) is 12.8. The molecule has 10 heteroatoms. The van der Waals surface area contributed by atoms with Gasteiger partial charge in [0.15, 0.2) is 6.29 Å². The molecule has 10 nitrogen and oxygen atoms in total. The van der Waals surface area contributed by atoms with Crippen LogP contribution >= 0.6 is 0 Å². The van der Waals surface area contributed by atoms with E-state index in [2.05, 4.69) is 0 Å². The average Bonchev–Trinajstić information content (AvgIpc) is 2.64. The van der Waals surface area contributed by atoms with E-state index in [1.807, 2.05) is 6.92 Å². The van der Waals surface area contributed by atoms with E-state index in [4.69, 9.17) is 18.9 Å². The molecule has 1 saturated heterocycles. The minimum Gasteiger partial charge on any atom is -0.463 e. The first kappa shape index (κ1) is 23.7. The van der Waals surface area contributed by atoms with Gasteiger partial charge in [-0.05, 0) is 12.8 Å². The van der Waals surface area contributed by atoms with Gasteiger partial charge in [-0.25, -0.2) is 0 Å². The van der Waals surface area contributed by atoms with E-state index >= 15 is 0 Å². The second-order valence-corrected chi connectivity index (χ2v) is 6.32. The normalized spacial score (nSPS) is 29.2. The second-order valence-electron chi connectivity index (χ2n) is 6.32. The van der Waals surface area contributed by atoms with Crippen LogP contribution in [-0.4, -0.2) is 89.0 Å². The summed E-state index contributed by atoms with van der Waals surface area (Å²) in [6.45, 7) is 2.49. The van der Waals surface area contributed by atoms with E-state index in [9.17, 15) is 30.0 Å². The van der Waals surface area contributed by atoms with E-state index in [0.717, 1.165) is 0 Å². The summed E-state index contributed by atoms with van der Waals surface area (Å²) in [6, 6.07) is 0. The summed E-state index contributed by atoms with van der Waals surface area (Å²) >= 11 is 0. The third-order valence-electron chi connectivity index (χ3n) is 3.95. The molecule has 0 aromatic rings. The number of carbonyl (C=O) groups is 2. The first-order valence-electron chi connectivity index (χ1n) is 9.11. The van der Waals surface area contributed by atoms with Gasteiger partial charge in [-0.15, -0.1) is 0 Å². The molecule has 0 spiro atoms. The quantitative estimate of drug-likeness (QED) is 0.316. The number of aliphatic hydroxyl groups excluding tert-OH is 4. The summed E-state index contributed by atoms with van der Waals surface area (Å²) in [7, 11) is 0. The highest BCUT2D eigenvalue weighted by molar-refractivity contribution is 5.69. The summed E-state index contributed by atoms with van der Waals surface area (Å²) < 4.78 is 20.7. The monoisotopic (exact) mass is 394 g/mol. The van der Waals surface area contributed by atoms with Crippen LogP contribution in [0.1, 0.15) is 39.5 Å². The van der Waals surface area contributed by atoms with Gasteiger partial charge in [0, 0.05) is 12.8 Å². The van der Waals surface area contributed by atoms with Crippen LogP contribution in [-0.2, 0) is 28.5 Å². The lowest BCUT2D eigenvalue weighted by Gasteiger charge is -2.40. The molecule has 0 unspecified atom stereocenters. The maximum Gasteiger partial charge on any atom is 0.305 e. The Hall–Kier alpha value is -1.30. The minimum atomic E-state index is -1.61. The van der Waals surface area contributed by atoms with Gasteiger partial charge in [0.2, 0.25) is 0 Å². The molecule has 6 atom stereocenters. The van der Waals surface area contributed by atoms with Crippen molar-refractivity contribution in [3.63, 3.8) is 0 Å². The fraction of sp³-hybridized carbons (Fsp3) is 0.882. The van der Waals surface area contributed by atoms with Crippen LogP contribution in [0.2, 0.25) is 0 Å². The summed E-state index contributed by atoms with van der Waals surface area (Å²) in [5, 5.41) is 39.4. The topological polar surface area (TPSA) is 152 Å². The largest absolute Gasteiger partial charge is 0.463 e. The smallest absolute Gasteiger partial charge is 0.305 e. The van der Waals surface area contributed by atoms with Crippen LogP contribution in [0.5, 0.6) is 0 Å². The average molecular weight is 394 g/mol. The maximum absolute atomic E-state index is 11.5. The summed E-state index contributed by atoms with van der Waals surface area (Å²) in [5.74, 6) is -0.941. The summed E-state index contributed by atoms with van der Waals surface area (Å²) in [4.78, 5) is 22.9. The lowest BCUT2D eigenvalue weighted by molar-refractivity contribution is -0.315. The van der Waals surface area contributed by atoms with Gasteiger partial charge in [0.25, 0.3) is 0 Å². The molecule has 0 amide bonds. The number of hydrogen-bond donors (Lipinski definition) is 4. The molecule has 0 aliphatic carbocycles. The number of ether oxygens (including phenoxy) is 4. The van der Waals surface area contributed by atoms with Crippen LogP contribution < -0.4 is 0 Å². The van der Waals surface area contributed by atoms with Crippen molar-refractivity contribution < 1.29 is 49.0 Å². The molecule has 0 aromatic heterocycles. The first-order valence-corrected chi connectivity index (χ1v) is 9.11. The van der Waals surface area contributed by atoms with Crippen molar-refractivity contribution in [3.8, 4) is 0 Å². The minimum absolute atomic E-state index is 0.198. The lowest BCUT2D eigenvalue weighted by atomic mass is 9.99. The lowest BCUT2D eigenvalue weighted by Crippen LogP contribution is -2.60. The van der Waals surface area contributed by atoms with Crippen molar-refractivity contribution in [1.29, 1.82) is 0 Å². The van der Waals surface area contributed by atoms with Crippen molar-refractivity contribution >= 4 is 11.9 Å². The molecule has 1 aliphatic rings. The highest BCUT2D eigenvalue weighted by Crippen LogP contribution is 2.23. The molecule has 1 heterocycles. The van der Waals surface area contributed by atoms with Crippen molar-refractivity contribution in [1.82, 2.24) is 0 Å². The Morgan fingerprint density at radius 1 is 0.963 bits per heavy atom. The van der Waals surface area contributed by atoms with E-state index < -0.39 is 55.4 Å². The molecule has 4 N–H and O–H groups in total. The third kappa shape index (κ3) is 7.68. The van der Waals surface area contributed by atoms with E-state index in [1.165, 1.54) is 0 Å². The molecule has 1 fully saturated rings. The molecule has 0 radical (unpaired) electrons.